The fraction of sp³-hybridized carbons (Fsp3) is 0.280. The lowest BCUT2D eigenvalue weighted by atomic mass is 10.1. The number of ether oxygens (including phenoxy) is 2. The van der Waals surface area contributed by atoms with Gasteiger partial charge in [0.15, 0.2) is 5.75 Å². The van der Waals surface area contributed by atoms with Crippen molar-refractivity contribution in [2.24, 2.45) is 4.36 Å². The van der Waals surface area contributed by atoms with E-state index in [0.717, 1.165) is 6.07 Å². The summed E-state index contributed by atoms with van der Waals surface area (Å²) < 4.78 is 41.8. The summed E-state index contributed by atoms with van der Waals surface area (Å²) in [6, 6.07) is 8.72. The van der Waals surface area contributed by atoms with E-state index in [-0.39, 0.29) is 27.8 Å². The molecule has 3 aromatic rings. The van der Waals surface area contributed by atoms with Crippen LogP contribution in [-0.2, 0) is 14.5 Å². The van der Waals surface area contributed by atoms with E-state index < -0.39 is 33.3 Å². The van der Waals surface area contributed by atoms with Crippen LogP contribution in [0.2, 0.25) is 0 Å². The molecule has 1 N–H and O–H groups in total. The first-order valence-electron chi connectivity index (χ1n) is 11.0. The molecule has 3 rings (SSSR count). The van der Waals surface area contributed by atoms with Crippen molar-refractivity contribution >= 4 is 43.3 Å². The zero-order valence-corrected chi connectivity index (χ0v) is 23.5. The molecule has 0 spiro atoms. The average Bonchev–Trinajstić information content (AvgIpc) is 2.76. The quantitative estimate of drug-likeness (QED) is 0.339. The van der Waals surface area contributed by atoms with Crippen molar-refractivity contribution in [2.75, 3.05) is 11.6 Å². The maximum absolute atomic E-state index is 13.4. The number of carbonyl (C=O) groups excluding carboxylic acids is 2. The van der Waals surface area contributed by atoms with E-state index in [2.05, 4.69) is 35.6 Å². The summed E-state index contributed by atoms with van der Waals surface area (Å²) in [6.07, 6.45) is 1.85. The minimum atomic E-state index is -3.16. The highest BCUT2D eigenvalue weighted by Crippen LogP contribution is 2.31. The molecule has 0 aliphatic rings. The van der Waals surface area contributed by atoms with Gasteiger partial charge < -0.3 is 14.8 Å². The van der Waals surface area contributed by atoms with Crippen LogP contribution in [0.3, 0.4) is 0 Å². The SMILES string of the molecule is Cc1nc(F)ccc1Oc1ncc(Br)c(C)c1C(=O)Nc1cccc([S@@](C)(=O)=NC(=O)OC(C)(C)C)c1. The van der Waals surface area contributed by atoms with Crippen molar-refractivity contribution in [3.63, 3.8) is 0 Å². The standard InChI is InChI=1S/C25H26BrFN4O5S/c1-14-18(26)13-28-23(35-19-10-11-20(27)29-15(19)2)21(14)22(32)30-16-8-7-9-17(12-16)37(6,34)31-24(33)36-25(3,4)5/h7-13H,1-6H3,(H,30,32)/t37-/m1/s1. The van der Waals surface area contributed by atoms with Crippen LogP contribution < -0.4 is 10.1 Å². The number of aromatic nitrogens is 2. The minimum Gasteiger partial charge on any atom is -0.442 e. The third-order valence-corrected chi connectivity index (χ3v) is 7.28. The normalized spacial score (nSPS) is 12.9. The number of amides is 2. The van der Waals surface area contributed by atoms with E-state index in [0.29, 0.717) is 15.7 Å². The Bertz CT molecular complexity index is 1500. The molecular formula is C25H26BrFN4O5S. The maximum Gasteiger partial charge on any atom is 0.442 e. The Morgan fingerprint density at radius 3 is 2.51 bits per heavy atom. The van der Waals surface area contributed by atoms with Crippen LogP contribution in [0.4, 0.5) is 14.9 Å². The van der Waals surface area contributed by atoms with Gasteiger partial charge >= 0.3 is 6.09 Å². The largest absolute Gasteiger partial charge is 0.442 e. The molecule has 1 aromatic carbocycles. The van der Waals surface area contributed by atoms with E-state index >= 15 is 0 Å². The Labute approximate surface area is 223 Å². The second-order valence-electron chi connectivity index (χ2n) is 9.09. The zero-order chi connectivity index (χ0) is 27.5. The maximum atomic E-state index is 13.4. The zero-order valence-electron chi connectivity index (χ0n) is 21.1. The Hall–Kier alpha value is -3.38. The summed E-state index contributed by atoms with van der Waals surface area (Å²) in [4.78, 5) is 33.6. The lowest BCUT2D eigenvalue weighted by Gasteiger charge is -2.17. The van der Waals surface area contributed by atoms with Gasteiger partial charge in [0.2, 0.25) is 11.8 Å². The van der Waals surface area contributed by atoms with Gasteiger partial charge in [0.05, 0.1) is 15.4 Å². The van der Waals surface area contributed by atoms with Crippen LogP contribution in [0, 0.1) is 19.8 Å². The van der Waals surface area contributed by atoms with Gasteiger partial charge in [-0.25, -0.2) is 19.0 Å². The van der Waals surface area contributed by atoms with E-state index in [1.165, 1.54) is 30.7 Å². The molecule has 2 heterocycles. The van der Waals surface area contributed by atoms with E-state index in [4.69, 9.17) is 9.47 Å². The predicted octanol–water partition coefficient (Wildman–Crippen LogP) is 6.43. The number of hydrogen-bond acceptors (Lipinski definition) is 7. The first-order chi connectivity index (χ1) is 17.2. The summed E-state index contributed by atoms with van der Waals surface area (Å²) in [5, 5.41) is 2.74. The second kappa shape index (κ2) is 10.9. The van der Waals surface area contributed by atoms with E-state index in [1.54, 1.807) is 46.8 Å². The fourth-order valence-corrected chi connectivity index (χ4v) is 4.51. The number of hydrogen-bond donors (Lipinski definition) is 1. The second-order valence-corrected chi connectivity index (χ2v) is 12.2. The molecular weight excluding hydrogens is 567 g/mol. The molecule has 0 radical (unpaired) electrons. The molecule has 0 saturated carbocycles. The van der Waals surface area contributed by atoms with Gasteiger partial charge in [-0.1, -0.05) is 6.07 Å². The van der Waals surface area contributed by atoms with Crippen molar-refractivity contribution < 1.29 is 27.7 Å². The highest BCUT2D eigenvalue weighted by Gasteiger charge is 2.22. The Morgan fingerprint density at radius 1 is 1.16 bits per heavy atom. The lowest BCUT2D eigenvalue weighted by Crippen LogP contribution is -2.22. The molecule has 1 atom stereocenters. The summed E-state index contributed by atoms with van der Waals surface area (Å²) >= 11 is 3.37. The Morgan fingerprint density at radius 2 is 1.86 bits per heavy atom. The van der Waals surface area contributed by atoms with E-state index in [9.17, 15) is 18.2 Å². The monoisotopic (exact) mass is 592 g/mol. The number of halogens is 2. The highest BCUT2D eigenvalue weighted by atomic mass is 79.9. The van der Waals surface area contributed by atoms with Crippen LogP contribution in [0.1, 0.15) is 42.4 Å². The first-order valence-corrected chi connectivity index (χ1v) is 13.7. The Balaban J connectivity index is 1.93. The van der Waals surface area contributed by atoms with Crippen LogP contribution in [0.5, 0.6) is 11.6 Å². The molecule has 0 bridgehead atoms. The van der Waals surface area contributed by atoms with Crippen molar-refractivity contribution in [2.45, 2.75) is 45.1 Å². The summed E-state index contributed by atoms with van der Waals surface area (Å²) in [5.74, 6) is -0.988. The number of carbonyl (C=O) groups is 2. The van der Waals surface area contributed by atoms with Crippen LogP contribution in [0.25, 0.3) is 0 Å². The highest BCUT2D eigenvalue weighted by molar-refractivity contribution is 9.10. The van der Waals surface area contributed by atoms with Crippen molar-refractivity contribution in [1.82, 2.24) is 9.97 Å². The fourth-order valence-electron chi connectivity index (χ4n) is 3.11. The molecule has 196 valence electrons. The average molecular weight is 593 g/mol. The van der Waals surface area contributed by atoms with Gasteiger partial charge in [-0.3, -0.25) is 4.79 Å². The molecule has 12 heteroatoms. The number of aryl methyl sites for hydroxylation is 1. The van der Waals surface area contributed by atoms with Crippen molar-refractivity contribution in [3.05, 3.63) is 69.8 Å². The number of benzene rings is 1. The van der Waals surface area contributed by atoms with E-state index in [1.807, 2.05) is 0 Å². The van der Waals surface area contributed by atoms with Crippen LogP contribution >= 0.6 is 15.9 Å². The summed E-state index contributed by atoms with van der Waals surface area (Å²) in [6.45, 7) is 8.31. The number of rotatable bonds is 5. The van der Waals surface area contributed by atoms with Gasteiger partial charge in [0, 0.05) is 27.5 Å². The van der Waals surface area contributed by atoms with Gasteiger partial charge in [0.1, 0.15) is 11.2 Å². The Kier molecular flexibility index (Phi) is 8.33. The van der Waals surface area contributed by atoms with Crippen LogP contribution in [-0.4, -0.2) is 38.0 Å². The number of pyridine rings is 2. The molecule has 0 fully saturated rings. The third-order valence-electron chi connectivity index (χ3n) is 4.85. The van der Waals surface area contributed by atoms with Gasteiger partial charge in [-0.15, -0.1) is 4.36 Å². The summed E-state index contributed by atoms with van der Waals surface area (Å²) in [5.41, 5.74) is 0.475. The van der Waals surface area contributed by atoms with Gasteiger partial charge in [-0.2, -0.15) is 4.39 Å². The van der Waals surface area contributed by atoms with Crippen molar-refractivity contribution in [1.29, 1.82) is 0 Å². The van der Waals surface area contributed by atoms with Crippen LogP contribution in [0.15, 0.2) is 56.3 Å². The van der Waals surface area contributed by atoms with Gasteiger partial charge in [0.25, 0.3) is 5.91 Å². The topological polar surface area (TPSA) is 120 Å². The van der Waals surface area contributed by atoms with Gasteiger partial charge in [-0.05, 0) is 86.4 Å². The smallest absolute Gasteiger partial charge is 0.442 e. The molecule has 0 saturated heterocycles. The number of nitrogens with one attached hydrogen (secondary N) is 1. The summed E-state index contributed by atoms with van der Waals surface area (Å²) in [7, 11) is -3.16. The molecule has 0 aliphatic heterocycles. The number of anilines is 1. The predicted molar refractivity (Wildman–Crippen MR) is 141 cm³/mol. The third kappa shape index (κ3) is 7.32. The molecule has 9 nitrogen and oxygen atoms in total. The number of nitrogens with zero attached hydrogens (tertiary/aromatic N) is 3. The van der Waals surface area contributed by atoms with Crippen molar-refractivity contribution in [3.8, 4) is 11.6 Å². The first kappa shape index (κ1) is 28.2. The lowest BCUT2D eigenvalue weighted by molar-refractivity contribution is 0.0607. The molecule has 37 heavy (non-hydrogen) atoms. The molecule has 2 aromatic heterocycles. The molecule has 0 aliphatic carbocycles. The minimum absolute atomic E-state index is 0.00919. The molecule has 0 unspecified atom stereocenters. The molecule has 2 amide bonds.